The third-order valence-corrected chi connectivity index (χ3v) is 8.53. The number of benzene rings is 1. The van der Waals surface area contributed by atoms with Gasteiger partial charge in [-0.3, -0.25) is 9.69 Å². The number of pyridine rings is 3. The summed E-state index contributed by atoms with van der Waals surface area (Å²) in [4.78, 5) is 26.9. The van der Waals surface area contributed by atoms with Gasteiger partial charge in [-0.1, -0.05) is 11.8 Å². The van der Waals surface area contributed by atoms with Crippen molar-refractivity contribution in [1.29, 1.82) is 0 Å². The molecule has 0 bridgehead atoms. The van der Waals surface area contributed by atoms with E-state index < -0.39 is 5.82 Å². The fourth-order valence-corrected chi connectivity index (χ4v) is 6.39. The van der Waals surface area contributed by atoms with Crippen LogP contribution in [0.15, 0.2) is 64.7 Å². The van der Waals surface area contributed by atoms with E-state index in [1.165, 1.54) is 12.1 Å². The summed E-state index contributed by atoms with van der Waals surface area (Å²) in [5.74, 6) is 1.42. The number of hydrogen-bond acceptors (Lipinski definition) is 8. The zero-order chi connectivity index (χ0) is 26.2. The number of nitrogens with zero attached hydrogens (tertiary/aromatic N) is 5. The van der Waals surface area contributed by atoms with Gasteiger partial charge in [0.25, 0.3) is 0 Å². The Kier molecular flexibility index (Phi) is 6.67. The minimum Gasteiger partial charge on any atom is -0.481 e. The number of hydrogen-bond donors (Lipinski definition) is 1. The number of nitrogens with two attached hydrogens (primary N) is 1. The van der Waals surface area contributed by atoms with Crippen LogP contribution in [0.1, 0.15) is 24.0 Å². The van der Waals surface area contributed by atoms with E-state index in [0.29, 0.717) is 30.2 Å². The molecule has 0 amide bonds. The van der Waals surface area contributed by atoms with Crippen LogP contribution in [0.4, 0.5) is 15.9 Å². The molecule has 3 aromatic heterocycles. The maximum absolute atomic E-state index is 14.1. The van der Waals surface area contributed by atoms with Gasteiger partial charge in [0.1, 0.15) is 11.6 Å². The van der Waals surface area contributed by atoms with Gasteiger partial charge in [-0.05, 0) is 54.8 Å². The Morgan fingerprint density at radius 2 is 2.08 bits per heavy atom. The Labute approximate surface area is 224 Å². The summed E-state index contributed by atoms with van der Waals surface area (Å²) in [5, 5.41) is 1.41. The first-order valence-corrected chi connectivity index (χ1v) is 13.7. The highest BCUT2D eigenvalue weighted by Gasteiger charge is 2.30. The molecule has 0 spiro atoms. The Bertz CT molecular complexity index is 1540. The summed E-state index contributed by atoms with van der Waals surface area (Å²) in [5.41, 5.74) is 9.33. The van der Waals surface area contributed by atoms with Crippen LogP contribution >= 0.6 is 11.8 Å². The van der Waals surface area contributed by atoms with Crippen LogP contribution < -0.4 is 20.8 Å². The van der Waals surface area contributed by atoms with Crippen molar-refractivity contribution >= 4 is 34.2 Å². The summed E-state index contributed by atoms with van der Waals surface area (Å²) < 4.78 is 21.6. The Morgan fingerprint density at radius 3 is 2.84 bits per heavy atom. The summed E-state index contributed by atoms with van der Waals surface area (Å²) in [7, 11) is 1.61. The Balaban J connectivity index is 1.37. The average molecular weight is 533 g/mol. The molecule has 6 rings (SSSR count). The number of anilines is 2. The normalized spacial score (nSPS) is 16.9. The van der Waals surface area contributed by atoms with E-state index in [0.717, 1.165) is 59.2 Å². The van der Waals surface area contributed by atoms with E-state index in [1.807, 2.05) is 30.5 Å². The Hall–Kier alpha value is -3.63. The number of methoxy groups -OCH3 is 1. The van der Waals surface area contributed by atoms with E-state index in [-0.39, 0.29) is 11.5 Å². The fraction of sp³-hybridized carbons (Fsp3) is 0.321. The third-order valence-electron chi connectivity index (χ3n) is 7.41. The molecule has 5 heterocycles. The minimum atomic E-state index is -0.395. The van der Waals surface area contributed by atoms with Crippen molar-refractivity contribution < 1.29 is 9.13 Å². The average Bonchev–Trinajstić information content (AvgIpc) is 2.92. The molecule has 2 N–H and O–H groups in total. The molecule has 1 fully saturated rings. The van der Waals surface area contributed by atoms with E-state index >= 15 is 0 Å². The quantitative estimate of drug-likeness (QED) is 0.378. The van der Waals surface area contributed by atoms with Gasteiger partial charge < -0.3 is 19.9 Å². The second-order valence-electron chi connectivity index (χ2n) is 9.77. The number of thioether (sulfide) groups is 1. The van der Waals surface area contributed by atoms with Crippen molar-refractivity contribution in [2.24, 2.45) is 0 Å². The number of halogens is 1. The third kappa shape index (κ3) is 4.69. The van der Waals surface area contributed by atoms with Crippen LogP contribution in [0.5, 0.6) is 5.88 Å². The van der Waals surface area contributed by atoms with E-state index in [4.69, 9.17) is 10.5 Å². The molecule has 0 radical (unpaired) electrons. The van der Waals surface area contributed by atoms with E-state index in [2.05, 4.69) is 24.3 Å². The number of rotatable bonds is 7. The lowest BCUT2D eigenvalue weighted by atomic mass is 10.0. The molecule has 38 heavy (non-hydrogen) atoms. The van der Waals surface area contributed by atoms with Gasteiger partial charge in [0, 0.05) is 55.4 Å². The van der Waals surface area contributed by atoms with E-state index in [9.17, 15) is 9.18 Å². The topological polar surface area (TPSA) is 89.5 Å². The SMILES string of the molecule is COc1cc(CN(Cc2c3n(c4ccc(F)cc4c2=O)CS3)[C@H]2CCCN(c3ccc(N)nc3)C2)ccn1. The largest absolute Gasteiger partial charge is 0.481 e. The first-order valence-electron chi connectivity index (χ1n) is 12.7. The van der Waals surface area contributed by atoms with Crippen LogP contribution in [-0.4, -0.2) is 45.7 Å². The van der Waals surface area contributed by atoms with Crippen molar-refractivity contribution in [3.05, 3.63) is 82.0 Å². The smallest absolute Gasteiger partial charge is 0.213 e. The van der Waals surface area contributed by atoms with Crippen LogP contribution in [0.25, 0.3) is 10.9 Å². The molecule has 1 aromatic carbocycles. The van der Waals surface area contributed by atoms with Gasteiger partial charge in [0.05, 0.1) is 35.4 Å². The van der Waals surface area contributed by atoms with Gasteiger partial charge in [0.2, 0.25) is 5.88 Å². The summed E-state index contributed by atoms with van der Waals surface area (Å²) >= 11 is 1.67. The summed E-state index contributed by atoms with van der Waals surface area (Å²) in [6, 6.07) is 12.4. The van der Waals surface area contributed by atoms with Gasteiger partial charge in [-0.2, -0.15) is 0 Å². The second kappa shape index (κ2) is 10.3. The lowest BCUT2D eigenvalue weighted by Crippen LogP contribution is -2.48. The lowest BCUT2D eigenvalue weighted by molar-refractivity contribution is 0.156. The monoisotopic (exact) mass is 532 g/mol. The van der Waals surface area contributed by atoms with Gasteiger partial charge >= 0.3 is 0 Å². The highest BCUT2D eigenvalue weighted by atomic mass is 32.2. The van der Waals surface area contributed by atoms with Crippen molar-refractivity contribution in [3.8, 4) is 5.88 Å². The predicted molar refractivity (Wildman–Crippen MR) is 148 cm³/mol. The molecule has 0 aliphatic carbocycles. The molecule has 196 valence electrons. The molecule has 2 aliphatic rings. The van der Waals surface area contributed by atoms with Crippen LogP contribution in [-0.2, 0) is 19.0 Å². The number of fused-ring (bicyclic) bond motifs is 3. The van der Waals surface area contributed by atoms with Crippen LogP contribution in [0, 0.1) is 5.82 Å². The summed E-state index contributed by atoms with van der Waals surface area (Å²) in [6.07, 6.45) is 5.58. The van der Waals surface area contributed by atoms with Gasteiger partial charge in [-0.25, -0.2) is 14.4 Å². The molecule has 1 atom stereocenters. The Morgan fingerprint density at radius 1 is 1.18 bits per heavy atom. The minimum absolute atomic E-state index is 0.0920. The van der Waals surface area contributed by atoms with Crippen molar-refractivity contribution in [3.63, 3.8) is 0 Å². The molecular weight excluding hydrogens is 503 g/mol. The molecule has 8 nitrogen and oxygen atoms in total. The van der Waals surface area contributed by atoms with Crippen LogP contribution in [0.2, 0.25) is 0 Å². The lowest BCUT2D eigenvalue weighted by Gasteiger charge is -2.41. The zero-order valence-electron chi connectivity index (χ0n) is 21.1. The maximum atomic E-state index is 14.1. The molecule has 2 aliphatic heterocycles. The standard InChI is InChI=1S/C28H29FN6O2S/c1-37-26-11-18(8-9-31-26)14-34(21-3-2-10-33(15-21)20-5-7-25(30)32-13-20)16-23-27(36)22-12-19(29)4-6-24(22)35-17-38-28(23)35/h4-9,11-13,21H,2-3,10,14-17H2,1H3,(H2,30,32)/t21-/m0/s1. The highest BCUT2D eigenvalue weighted by Crippen LogP contribution is 2.37. The zero-order valence-corrected chi connectivity index (χ0v) is 22.0. The molecular formula is C28H29FN6O2S. The molecule has 0 unspecified atom stereocenters. The molecule has 10 heteroatoms. The van der Waals surface area contributed by atoms with Crippen LogP contribution in [0.3, 0.4) is 0 Å². The number of aromatic nitrogens is 3. The molecule has 4 aromatic rings. The van der Waals surface area contributed by atoms with E-state index in [1.54, 1.807) is 31.1 Å². The van der Waals surface area contributed by atoms with Crippen molar-refractivity contribution in [2.45, 2.75) is 42.9 Å². The second-order valence-corrected chi connectivity index (χ2v) is 10.7. The van der Waals surface area contributed by atoms with Crippen molar-refractivity contribution in [1.82, 2.24) is 19.4 Å². The number of piperidine rings is 1. The maximum Gasteiger partial charge on any atom is 0.213 e. The van der Waals surface area contributed by atoms with Gasteiger partial charge in [0.15, 0.2) is 5.43 Å². The first-order chi connectivity index (χ1) is 18.5. The first kappa shape index (κ1) is 24.7. The number of ether oxygens (including phenoxy) is 1. The highest BCUT2D eigenvalue weighted by molar-refractivity contribution is 7.99. The van der Waals surface area contributed by atoms with Gasteiger partial charge in [-0.15, -0.1) is 0 Å². The van der Waals surface area contributed by atoms with Crippen molar-refractivity contribution in [2.75, 3.05) is 30.8 Å². The number of nitrogen functional groups attached to an aromatic ring is 1. The predicted octanol–water partition coefficient (Wildman–Crippen LogP) is 4.26. The fourth-order valence-electron chi connectivity index (χ4n) is 5.43. The molecule has 1 saturated heterocycles. The molecule has 0 saturated carbocycles. The summed E-state index contributed by atoms with van der Waals surface area (Å²) in [6.45, 7) is 2.83.